The predicted octanol–water partition coefficient (Wildman–Crippen LogP) is 1.91. The van der Waals surface area contributed by atoms with Gasteiger partial charge in [-0.15, -0.1) is 0 Å². The van der Waals surface area contributed by atoms with E-state index in [1.54, 1.807) is 12.5 Å². The van der Waals surface area contributed by atoms with Crippen LogP contribution in [0.1, 0.15) is 56.2 Å². The van der Waals surface area contributed by atoms with Gasteiger partial charge in [-0.2, -0.15) is 4.98 Å². The highest BCUT2D eigenvalue weighted by Gasteiger charge is 2.21. The van der Waals surface area contributed by atoms with Crippen molar-refractivity contribution in [1.82, 2.24) is 20.1 Å². The summed E-state index contributed by atoms with van der Waals surface area (Å²) in [5.41, 5.74) is 7.00. The van der Waals surface area contributed by atoms with Crippen LogP contribution in [0.4, 0.5) is 0 Å². The number of aromatic amines is 1. The fourth-order valence-corrected chi connectivity index (χ4v) is 2.00. The van der Waals surface area contributed by atoms with Gasteiger partial charge in [-0.1, -0.05) is 18.5 Å². The first-order chi connectivity index (χ1) is 9.74. The van der Waals surface area contributed by atoms with Crippen LogP contribution in [0.2, 0.25) is 0 Å². The lowest BCUT2D eigenvalue weighted by atomic mass is 10.1. The molecule has 2 heterocycles. The van der Waals surface area contributed by atoms with Crippen LogP contribution in [0.25, 0.3) is 0 Å². The van der Waals surface area contributed by atoms with E-state index in [1.807, 2.05) is 6.92 Å². The molecule has 0 aromatic carbocycles. The van der Waals surface area contributed by atoms with E-state index in [-0.39, 0.29) is 12.1 Å². The Morgan fingerprint density at radius 2 is 2.30 bits per heavy atom. The molecule has 110 valence electrons. The third-order valence-corrected chi connectivity index (χ3v) is 2.98. The minimum atomic E-state index is -0.347. The van der Waals surface area contributed by atoms with Gasteiger partial charge in [-0.3, -0.25) is 0 Å². The van der Waals surface area contributed by atoms with E-state index in [1.165, 1.54) is 0 Å². The van der Waals surface area contributed by atoms with Gasteiger partial charge in [-0.25, -0.2) is 4.98 Å². The molecule has 0 saturated carbocycles. The summed E-state index contributed by atoms with van der Waals surface area (Å²) in [5, 5.41) is 3.99. The normalized spacial score (nSPS) is 14.3. The average Bonchev–Trinajstić information content (AvgIpc) is 3.09. The summed E-state index contributed by atoms with van der Waals surface area (Å²) in [7, 11) is 0. The van der Waals surface area contributed by atoms with Crippen molar-refractivity contribution in [3.8, 4) is 0 Å². The van der Waals surface area contributed by atoms with Crippen LogP contribution in [-0.2, 0) is 11.2 Å². The van der Waals surface area contributed by atoms with Crippen molar-refractivity contribution in [1.29, 1.82) is 0 Å². The maximum atomic E-state index is 6.06. The first kappa shape index (κ1) is 14.7. The lowest BCUT2D eigenvalue weighted by Gasteiger charge is -2.11. The fourth-order valence-electron chi connectivity index (χ4n) is 2.00. The molecule has 7 nitrogen and oxygen atoms in total. The molecular formula is C13H21N5O2. The molecule has 2 rings (SSSR count). The molecule has 0 radical (unpaired) electrons. The Balaban J connectivity index is 2.03. The van der Waals surface area contributed by atoms with Gasteiger partial charge in [0.05, 0.1) is 12.4 Å². The van der Waals surface area contributed by atoms with Crippen molar-refractivity contribution in [2.45, 2.75) is 45.3 Å². The Morgan fingerprint density at radius 3 is 2.95 bits per heavy atom. The highest BCUT2D eigenvalue weighted by Crippen LogP contribution is 2.22. The Bertz CT molecular complexity index is 491. The summed E-state index contributed by atoms with van der Waals surface area (Å²) in [6, 6.07) is -0.347. The van der Waals surface area contributed by atoms with Gasteiger partial charge in [0.2, 0.25) is 11.7 Å². The molecule has 1 unspecified atom stereocenters. The number of nitrogens with one attached hydrogen (secondary N) is 1. The standard InChI is InChI=1S/C13H21N5O2/c1-3-5-11(19-4-2)12-17-13(20-18-12)10(14)6-9-7-15-8-16-9/h7-8,10-11H,3-6,14H2,1-2H3,(H,15,16)/t10-,11?/m1/s1. The van der Waals surface area contributed by atoms with Crippen LogP contribution in [0.3, 0.4) is 0 Å². The summed E-state index contributed by atoms with van der Waals surface area (Å²) in [4.78, 5) is 11.3. The molecule has 0 aliphatic carbocycles. The Kier molecular flexibility index (Phi) is 5.25. The van der Waals surface area contributed by atoms with Gasteiger partial charge in [-0.05, 0) is 13.3 Å². The summed E-state index contributed by atoms with van der Waals surface area (Å²) in [5.74, 6) is 0.999. The van der Waals surface area contributed by atoms with Gasteiger partial charge >= 0.3 is 0 Å². The molecule has 2 atom stereocenters. The van der Waals surface area contributed by atoms with Gasteiger partial charge in [0.1, 0.15) is 6.10 Å². The lowest BCUT2D eigenvalue weighted by molar-refractivity contribution is 0.0477. The zero-order chi connectivity index (χ0) is 14.4. The molecule has 2 aromatic heterocycles. The van der Waals surface area contributed by atoms with E-state index in [2.05, 4.69) is 27.0 Å². The highest BCUT2D eigenvalue weighted by atomic mass is 16.5. The number of nitrogens with zero attached hydrogens (tertiary/aromatic N) is 3. The molecule has 0 spiro atoms. The molecule has 20 heavy (non-hydrogen) atoms. The van der Waals surface area contributed by atoms with Crippen molar-refractivity contribution in [2.75, 3.05) is 6.61 Å². The molecule has 0 aliphatic rings. The number of imidazole rings is 1. The molecule has 0 fully saturated rings. The van der Waals surface area contributed by atoms with E-state index in [0.29, 0.717) is 24.7 Å². The molecule has 3 N–H and O–H groups in total. The van der Waals surface area contributed by atoms with Crippen molar-refractivity contribution in [3.63, 3.8) is 0 Å². The van der Waals surface area contributed by atoms with E-state index < -0.39 is 0 Å². The maximum Gasteiger partial charge on any atom is 0.244 e. The lowest BCUT2D eigenvalue weighted by Crippen LogP contribution is -2.14. The van der Waals surface area contributed by atoms with Gasteiger partial charge < -0.3 is 20.0 Å². The van der Waals surface area contributed by atoms with E-state index >= 15 is 0 Å². The first-order valence-corrected chi connectivity index (χ1v) is 6.92. The van der Waals surface area contributed by atoms with Gasteiger partial charge in [0.15, 0.2) is 0 Å². The predicted molar refractivity (Wildman–Crippen MR) is 72.8 cm³/mol. The Morgan fingerprint density at radius 1 is 1.45 bits per heavy atom. The molecule has 0 bridgehead atoms. The van der Waals surface area contributed by atoms with Crippen LogP contribution in [-0.4, -0.2) is 26.7 Å². The number of aromatic nitrogens is 4. The smallest absolute Gasteiger partial charge is 0.244 e. The minimum absolute atomic E-state index is 0.123. The molecule has 2 aromatic rings. The third kappa shape index (κ3) is 3.64. The Hall–Kier alpha value is -1.73. The number of hydrogen-bond donors (Lipinski definition) is 2. The summed E-state index contributed by atoms with van der Waals surface area (Å²) in [6.45, 7) is 4.67. The fraction of sp³-hybridized carbons (Fsp3) is 0.615. The summed E-state index contributed by atoms with van der Waals surface area (Å²) in [6.07, 6.45) is 5.67. The average molecular weight is 279 g/mol. The second-order valence-corrected chi connectivity index (χ2v) is 4.61. The number of ether oxygens (including phenoxy) is 1. The number of H-pyrrole nitrogens is 1. The molecule has 0 saturated heterocycles. The zero-order valence-corrected chi connectivity index (χ0v) is 11.9. The quantitative estimate of drug-likeness (QED) is 0.765. The number of rotatable bonds is 8. The number of nitrogens with two attached hydrogens (primary N) is 1. The molecule has 7 heteroatoms. The zero-order valence-electron chi connectivity index (χ0n) is 11.9. The minimum Gasteiger partial charge on any atom is -0.370 e. The number of hydrogen-bond acceptors (Lipinski definition) is 6. The van der Waals surface area contributed by atoms with E-state index in [4.69, 9.17) is 15.0 Å². The van der Waals surface area contributed by atoms with Crippen LogP contribution < -0.4 is 5.73 Å². The van der Waals surface area contributed by atoms with E-state index in [0.717, 1.165) is 18.5 Å². The van der Waals surface area contributed by atoms with Crippen molar-refractivity contribution in [3.05, 3.63) is 29.9 Å². The van der Waals surface area contributed by atoms with E-state index in [9.17, 15) is 0 Å². The van der Waals surface area contributed by atoms with Crippen molar-refractivity contribution < 1.29 is 9.26 Å². The van der Waals surface area contributed by atoms with Crippen LogP contribution in [0, 0.1) is 0 Å². The van der Waals surface area contributed by atoms with Crippen LogP contribution in [0.15, 0.2) is 17.0 Å². The van der Waals surface area contributed by atoms with Crippen LogP contribution in [0.5, 0.6) is 0 Å². The monoisotopic (exact) mass is 279 g/mol. The van der Waals surface area contributed by atoms with Gasteiger partial charge in [0, 0.05) is 24.9 Å². The second kappa shape index (κ2) is 7.16. The summed E-state index contributed by atoms with van der Waals surface area (Å²) < 4.78 is 10.9. The molecular weight excluding hydrogens is 258 g/mol. The van der Waals surface area contributed by atoms with Crippen molar-refractivity contribution in [2.24, 2.45) is 5.73 Å². The topological polar surface area (TPSA) is 103 Å². The second-order valence-electron chi connectivity index (χ2n) is 4.61. The van der Waals surface area contributed by atoms with Crippen LogP contribution >= 0.6 is 0 Å². The SMILES string of the molecule is CCCC(OCC)c1noc([C@H](N)Cc2cnc[nH]2)n1. The highest BCUT2D eigenvalue weighted by molar-refractivity contribution is 5.03. The van der Waals surface area contributed by atoms with Gasteiger partial charge in [0.25, 0.3) is 0 Å². The largest absolute Gasteiger partial charge is 0.370 e. The Labute approximate surface area is 117 Å². The molecule has 0 amide bonds. The maximum absolute atomic E-state index is 6.06. The molecule has 0 aliphatic heterocycles. The third-order valence-electron chi connectivity index (χ3n) is 2.98. The van der Waals surface area contributed by atoms with Crippen molar-refractivity contribution >= 4 is 0 Å². The summed E-state index contributed by atoms with van der Waals surface area (Å²) >= 11 is 0. The first-order valence-electron chi connectivity index (χ1n) is 6.92.